The maximum atomic E-state index is 11.3. The van der Waals surface area contributed by atoms with Crippen LogP contribution in [0, 0.1) is 0 Å². The SMILES string of the molecule is COC(C)CNc1ccc(S(C)(=O)=O)cc1N. The largest absolute Gasteiger partial charge is 0.397 e. The fourth-order valence-electron chi connectivity index (χ4n) is 1.27. The number of benzene rings is 1. The monoisotopic (exact) mass is 258 g/mol. The summed E-state index contributed by atoms with van der Waals surface area (Å²) in [5.41, 5.74) is 6.90. The van der Waals surface area contributed by atoms with Gasteiger partial charge in [0, 0.05) is 19.9 Å². The van der Waals surface area contributed by atoms with Crippen molar-refractivity contribution in [3.63, 3.8) is 0 Å². The van der Waals surface area contributed by atoms with Crippen molar-refractivity contribution in [1.29, 1.82) is 0 Å². The molecule has 1 aromatic carbocycles. The lowest BCUT2D eigenvalue weighted by atomic mass is 10.2. The molecule has 0 saturated heterocycles. The van der Waals surface area contributed by atoms with Crippen LogP contribution in [-0.4, -0.2) is 34.4 Å². The lowest BCUT2D eigenvalue weighted by Crippen LogP contribution is -2.18. The second kappa shape index (κ2) is 5.37. The lowest BCUT2D eigenvalue weighted by molar-refractivity contribution is 0.129. The van der Waals surface area contributed by atoms with E-state index in [0.717, 1.165) is 6.26 Å². The Morgan fingerprint density at radius 1 is 1.47 bits per heavy atom. The fourth-order valence-corrected chi connectivity index (χ4v) is 1.93. The molecule has 96 valence electrons. The minimum Gasteiger partial charge on any atom is -0.397 e. The smallest absolute Gasteiger partial charge is 0.175 e. The molecular formula is C11H18N2O3S. The number of anilines is 2. The second-order valence-electron chi connectivity index (χ2n) is 3.95. The predicted octanol–water partition coefficient (Wildman–Crippen LogP) is 1.12. The molecular weight excluding hydrogens is 240 g/mol. The van der Waals surface area contributed by atoms with E-state index < -0.39 is 9.84 Å². The first kappa shape index (κ1) is 13.8. The molecule has 0 aromatic heterocycles. The van der Waals surface area contributed by atoms with Gasteiger partial charge in [-0.25, -0.2) is 8.42 Å². The molecule has 0 amide bonds. The summed E-state index contributed by atoms with van der Waals surface area (Å²) in [6.07, 6.45) is 1.21. The number of hydrogen-bond donors (Lipinski definition) is 2. The maximum absolute atomic E-state index is 11.3. The highest BCUT2D eigenvalue weighted by molar-refractivity contribution is 7.90. The fraction of sp³-hybridized carbons (Fsp3) is 0.455. The zero-order valence-corrected chi connectivity index (χ0v) is 11.0. The number of sulfone groups is 1. The van der Waals surface area contributed by atoms with Crippen LogP contribution in [0.4, 0.5) is 11.4 Å². The van der Waals surface area contributed by atoms with Gasteiger partial charge in [-0.05, 0) is 25.1 Å². The Morgan fingerprint density at radius 2 is 2.12 bits per heavy atom. The topological polar surface area (TPSA) is 81.4 Å². The van der Waals surface area contributed by atoms with Gasteiger partial charge in [0.05, 0.1) is 22.4 Å². The van der Waals surface area contributed by atoms with E-state index in [9.17, 15) is 8.42 Å². The molecule has 0 fully saturated rings. The molecule has 0 heterocycles. The normalized spacial score (nSPS) is 13.4. The van der Waals surface area contributed by atoms with Crippen LogP contribution >= 0.6 is 0 Å². The van der Waals surface area contributed by atoms with E-state index in [1.807, 2.05) is 6.92 Å². The van der Waals surface area contributed by atoms with Crippen molar-refractivity contribution in [3.05, 3.63) is 18.2 Å². The molecule has 17 heavy (non-hydrogen) atoms. The third kappa shape index (κ3) is 3.90. The number of nitrogens with two attached hydrogens (primary N) is 1. The molecule has 0 aliphatic heterocycles. The van der Waals surface area contributed by atoms with E-state index in [-0.39, 0.29) is 11.0 Å². The van der Waals surface area contributed by atoms with Gasteiger partial charge in [-0.3, -0.25) is 0 Å². The van der Waals surface area contributed by atoms with Crippen LogP contribution < -0.4 is 11.1 Å². The van der Waals surface area contributed by atoms with Gasteiger partial charge in [-0.15, -0.1) is 0 Å². The first-order chi connectivity index (χ1) is 7.84. The highest BCUT2D eigenvalue weighted by atomic mass is 32.2. The van der Waals surface area contributed by atoms with Crippen molar-refractivity contribution in [2.24, 2.45) is 0 Å². The first-order valence-electron chi connectivity index (χ1n) is 5.21. The van der Waals surface area contributed by atoms with E-state index in [2.05, 4.69) is 5.32 Å². The van der Waals surface area contributed by atoms with Crippen molar-refractivity contribution in [2.45, 2.75) is 17.9 Å². The van der Waals surface area contributed by atoms with Crippen LogP contribution in [-0.2, 0) is 14.6 Å². The highest BCUT2D eigenvalue weighted by Crippen LogP contribution is 2.22. The molecule has 3 N–H and O–H groups in total. The number of rotatable bonds is 5. The van der Waals surface area contributed by atoms with Gasteiger partial charge in [0.15, 0.2) is 9.84 Å². The van der Waals surface area contributed by atoms with Gasteiger partial charge < -0.3 is 15.8 Å². The van der Waals surface area contributed by atoms with Gasteiger partial charge in [0.1, 0.15) is 0 Å². The summed E-state index contributed by atoms with van der Waals surface area (Å²) in [6, 6.07) is 4.65. The third-order valence-electron chi connectivity index (χ3n) is 2.43. The van der Waals surface area contributed by atoms with Gasteiger partial charge >= 0.3 is 0 Å². The molecule has 1 rings (SSSR count). The molecule has 1 aromatic rings. The molecule has 0 aliphatic carbocycles. The molecule has 0 saturated carbocycles. The number of methoxy groups -OCH3 is 1. The number of nitrogens with one attached hydrogen (secondary N) is 1. The van der Waals surface area contributed by atoms with E-state index in [0.29, 0.717) is 17.9 Å². The maximum Gasteiger partial charge on any atom is 0.175 e. The summed E-state index contributed by atoms with van der Waals surface area (Å²) in [4.78, 5) is 0.223. The van der Waals surface area contributed by atoms with Crippen LogP contribution in [0.2, 0.25) is 0 Å². The summed E-state index contributed by atoms with van der Waals surface area (Å²) in [5.74, 6) is 0. The van der Waals surface area contributed by atoms with Crippen molar-refractivity contribution in [1.82, 2.24) is 0 Å². The van der Waals surface area contributed by atoms with Crippen molar-refractivity contribution < 1.29 is 13.2 Å². The zero-order chi connectivity index (χ0) is 13.1. The molecule has 0 spiro atoms. The summed E-state index contributed by atoms with van der Waals surface area (Å²) < 4.78 is 27.7. The number of hydrogen-bond acceptors (Lipinski definition) is 5. The Labute approximate surface area is 102 Å². The van der Waals surface area contributed by atoms with Gasteiger partial charge in [-0.2, -0.15) is 0 Å². The Kier molecular flexibility index (Phi) is 4.36. The van der Waals surface area contributed by atoms with Crippen molar-refractivity contribution in [3.8, 4) is 0 Å². The predicted molar refractivity (Wildman–Crippen MR) is 68.9 cm³/mol. The minimum absolute atomic E-state index is 0.0592. The van der Waals surface area contributed by atoms with E-state index in [1.54, 1.807) is 13.2 Å². The number of nitrogen functional groups attached to an aromatic ring is 1. The Balaban J connectivity index is 2.84. The summed E-state index contributed by atoms with van der Waals surface area (Å²) in [6.45, 7) is 2.53. The van der Waals surface area contributed by atoms with Gasteiger partial charge in [-0.1, -0.05) is 0 Å². The Hall–Kier alpha value is -1.27. The molecule has 0 aliphatic rings. The average Bonchev–Trinajstić information content (AvgIpc) is 2.25. The van der Waals surface area contributed by atoms with Gasteiger partial charge in [0.25, 0.3) is 0 Å². The Bertz CT molecular complexity index is 485. The molecule has 0 radical (unpaired) electrons. The molecule has 5 nitrogen and oxygen atoms in total. The summed E-state index contributed by atoms with van der Waals surface area (Å²) in [7, 11) is -1.58. The first-order valence-corrected chi connectivity index (χ1v) is 7.10. The van der Waals surface area contributed by atoms with Gasteiger partial charge in [0.2, 0.25) is 0 Å². The molecule has 6 heteroatoms. The van der Waals surface area contributed by atoms with Crippen LogP contribution in [0.1, 0.15) is 6.92 Å². The standard InChI is InChI=1S/C11H18N2O3S/c1-8(16-2)7-13-11-5-4-9(6-10(11)12)17(3,14)15/h4-6,8,13H,7,12H2,1-3H3. The quantitative estimate of drug-likeness (QED) is 0.773. The minimum atomic E-state index is -3.21. The summed E-state index contributed by atoms with van der Waals surface area (Å²) >= 11 is 0. The highest BCUT2D eigenvalue weighted by Gasteiger charge is 2.09. The molecule has 1 unspecified atom stereocenters. The van der Waals surface area contributed by atoms with E-state index in [4.69, 9.17) is 10.5 Å². The zero-order valence-electron chi connectivity index (χ0n) is 10.2. The molecule has 1 atom stereocenters. The Morgan fingerprint density at radius 3 is 2.59 bits per heavy atom. The third-order valence-corrected chi connectivity index (χ3v) is 3.54. The van der Waals surface area contributed by atoms with Crippen LogP contribution in [0.25, 0.3) is 0 Å². The second-order valence-corrected chi connectivity index (χ2v) is 5.96. The van der Waals surface area contributed by atoms with Crippen LogP contribution in [0.5, 0.6) is 0 Å². The van der Waals surface area contributed by atoms with E-state index in [1.165, 1.54) is 12.1 Å². The van der Waals surface area contributed by atoms with Crippen molar-refractivity contribution in [2.75, 3.05) is 31.0 Å². The van der Waals surface area contributed by atoms with E-state index >= 15 is 0 Å². The number of ether oxygens (including phenoxy) is 1. The van der Waals surface area contributed by atoms with Crippen LogP contribution in [0.3, 0.4) is 0 Å². The average molecular weight is 258 g/mol. The lowest BCUT2D eigenvalue weighted by Gasteiger charge is -2.14. The van der Waals surface area contributed by atoms with Crippen LogP contribution in [0.15, 0.2) is 23.1 Å². The summed E-state index contributed by atoms with van der Waals surface area (Å²) in [5, 5.41) is 3.10. The molecule has 0 bridgehead atoms. The van der Waals surface area contributed by atoms with Crippen molar-refractivity contribution >= 4 is 21.2 Å².